The highest BCUT2D eigenvalue weighted by Gasteiger charge is 2.27. The summed E-state index contributed by atoms with van der Waals surface area (Å²) in [5, 5.41) is 0. The molecule has 0 unspecified atom stereocenters. The molecule has 1 amide bonds. The molecule has 23 heavy (non-hydrogen) atoms. The van der Waals surface area contributed by atoms with Crippen LogP contribution in [0.25, 0.3) is 0 Å². The maximum Gasteiger partial charge on any atom is 0.240 e. The molecule has 2 rings (SSSR count). The van der Waals surface area contributed by atoms with E-state index in [2.05, 4.69) is 21.8 Å². The second-order valence-electron chi connectivity index (χ2n) is 5.81. The SMILES string of the molecule is CCCS(=O)(=O)N[C@@H](C)C(=O)N1CCN(c2ccccc2)CC1. The van der Waals surface area contributed by atoms with Crippen LogP contribution in [0.4, 0.5) is 5.69 Å². The topological polar surface area (TPSA) is 69.7 Å². The van der Waals surface area contributed by atoms with Gasteiger partial charge in [-0.3, -0.25) is 4.79 Å². The molecule has 0 radical (unpaired) electrons. The van der Waals surface area contributed by atoms with Crippen LogP contribution in [-0.4, -0.2) is 57.2 Å². The molecule has 1 saturated heterocycles. The van der Waals surface area contributed by atoms with E-state index in [1.165, 1.54) is 0 Å². The minimum absolute atomic E-state index is 0.0480. The van der Waals surface area contributed by atoms with Crippen LogP contribution in [0.2, 0.25) is 0 Å². The molecule has 0 saturated carbocycles. The Morgan fingerprint density at radius 2 is 1.78 bits per heavy atom. The number of piperazine rings is 1. The van der Waals surface area contributed by atoms with E-state index in [4.69, 9.17) is 0 Å². The van der Waals surface area contributed by atoms with Crippen LogP contribution in [0, 0.1) is 0 Å². The molecule has 1 atom stereocenters. The van der Waals surface area contributed by atoms with Gasteiger partial charge in [0.25, 0.3) is 0 Å². The third kappa shape index (κ3) is 4.94. The van der Waals surface area contributed by atoms with Gasteiger partial charge in [0.1, 0.15) is 0 Å². The standard InChI is InChI=1S/C16H25N3O3S/c1-3-13-23(21,22)17-14(2)16(20)19-11-9-18(10-12-19)15-7-5-4-6-8-15/h4-8,14,17H,3,9-13H2,1-2H3/t14-/m0/s1. The molecule has 0 spiro atoms. The van der Waals surface area contributed by atoms with Crippen molar-refractivity contribution in [2.24, 2.45) is 0 Å². The lowest BCUT2D eigenvalue weighted by Gasteiger charge is -2.37. The number of carbonyl (C=O) groups excluding carboxylic acids is 1. The first-order chi connectivity index (χ1) is 10.9. The largest absolute Gasteiger partial charge is 0.368 e. The molecule has 1 heterocycles. The Morgan fingerprint density at radius 3 is 2.35 bits per heavy atom. The van der Waals surface area contributed by atoms with Gasteiger partial charge in [-0.2, -0.15) is 0 Å². The molecule has 1 aromatic rings. The smallest absolute Gasteiger partial charge is 0.240 e. The van der Waals surface area contributed by atoms with Crippen molar-refractivity contribution >= 4 is 21.6 Å². The van der Waals surface area contributed by atoms with E-state index in [0.717, 1.165) is 18.8 Å². The third-order valence-corrected chi connectivity index (χ3v) is 5.57. The van der Waals surface area contributed by atoms with Gasteiger partial charge < -0.3 is 9.80 Å². The fourth-order valence-corrected chi connectivity index (χ4v) is 4.04. The Balaban J connectivity index is 1.88. The number of hydrogen-bond donors (Lipinski definition) is 1. The van der Waals surface area contributed by atoms with Gasteiger partial charge in [0.05, 0.1) is 11.8 Å². The first-order valence-electron chi connectivity index (χ1n) is 8.01. The molecule has 7 heteroatoms. The average Bonchev–Trinajstić information content (AvgIpc) is 2.54. The molecule has 0 aromatic heterocycles. The minimum atomic E-state index is -3.38. The molecule has 128 valence electrons. The zero-order chi connectivity index (χ0) is 16.9. The number of para-hydroxylation sites is 1. The predicted octanol–water partition coefficient (Wildman–Crippen LogP) is 1.05. The third-order valence-electron chi connectivity index (χ3n) is 3.91. The van der Waals surface area contributed by atoms with Gasteiger partial charge in [-0.15, -0.1) is 0 Å². The summed E-state index contributed by atoms with van der Waals surface area (Å²) in [7, 11) is -3.38. The predicted molar refractivity (Wildman–Crippen MR) is 91.9 cm³/mol. The molecule has 1 aliphatic rings. The Kier molecular flexibility index (Phi) is 6.01. The fraction of sp³-hybridized carbons (Fsp3) is 0.562. The Hall–Kier alpha value is -1.60. The summed E-state index contributed by atoms with van der Waals surface area (Å²) >= 11 is 0. The van der Waals surface area contributed by atoms with Crippen LogP contribution in [0.15, 0.2) is 30.3 Å². The number of amides is 1. The van der Waals surface area contributed by atoms with Crippen LogP contribution in [0.5, 0.6) is 0 Å². The molecule has 1 aromatic carbocycles. The zero-order valence-electron chi connectivity index (χ0n) is 13.7. The van der Waals surface area contributed by atoms with E-state index < -0.39 is 16.1 Å². The number of nitrogens with zero attached hydrogens (tertiary/aromatic N) is 2. The highest BCUT2D eigenvalue weighted by atomic mass is 32.2. The highest BCUT2D eigenvalue weighted by Crippen LogP contribution is 2.16. The lowest BCUT2D eigenvalue weighted by Crippen LogP contribution is -2.54. The van der Waals surface area contributed by atoms with Crippen molar-refractivity contribution in [2.45, 2.75) is 26.3 Å². The summed E-state index contributed by atoms with van der Waals surface area (Å²) in [5.74, 6) is -0.107. The first kappa shape index (κ1) is 17.7. The van der Waals surface area contributed by atoms with Crippen molar-refractivity contribution in [1.82, 2.24) is 9.62 Å². The van der Waals surface area contributed by atoms with Crippen molar-refractivity contribution < 1.29 is 13.2 Å². The van der Waals surface area contributed by atoms with E-state index >= 15 is 0 Å². The van der Waals surface area contributed by atoms with E-state index in [0.29, 0.717) is 19.5 Å². The Labute approximate surface area is 138 Å². The van der Waals surface area contributed by atoms with Crippen molar-refractivity contribution in [2.75, 3.05) is 36.8 Å². The molecular weight excluding hydrogens is 314 g/mol. The first-order valence-corrected chi connectivity index (χ1v) is 9.67. The van der Waals surface area contributed by atoms with Crippen LogP contribution in [-0.2, 0) is 14.8 Å². The van der Waals surface area contributed by atoms with Crippen LogP contribution in [0.3, 0.4) is 0 Å². The number of rotatable bonds is 6. The molecule has 0 aliphatic carbocycles. The van der Waals surface area contributed by atoms with Gasteiger partial charge in [0.15, 0.2) is 0 Å². The average molecular weight is 339 g/mol. The van der Waals surface area contributed by atoms with Gasteiger partial charge in [-0.05, 0) is 25.5 Å². The molecule has 1 fully saturated rings. The number of carbonyl (C=O) groups is 1. The monoisotopic (exact) mass is 339 g/mol. The normalized spacial score (nSPS) is 17.1. The quantitative estimate of drug-likeness (QED) is 0.841. The Morgan fingerprint density at radius 1 is 1.17 bits per heavy atom. The summed E-state index contributed by atoms with van der Waals surface area (Å²) in [4.78, 5) is 16.4. The lowest BCUT2D eigenvalue weighted by atomic mass is 10.2. The van der Waals surface area contributed by atoms with Gasteiger partial charge >= 0.3 is 0 Å². The van der Waals surface area contributed by atoms with Crippen molar-refractivity contribution in [1.29, 1.82) is 0 Å². The second-order valence-corrected chi connectivity index (χ2v) is 7.68. The summed E-state index contributed by atoms with van der Waals surface area (Å²) in [6.45, 7) is 6.13. The number of benzene rings is 1. The molecular formula is C16H25N3O3S. The maximum absolute atomic E-state index is 12.4. The molecule has 0 bridgehead atoms. The number of anilines is 1. The summed E-state index contributed by atoms with van der Waals surface area (Å²) < 4.78 is 26.0. The fourth-order valence-electron chi connectivity index (χ4n) is 2.75. The maximum atomic E-state index is 12.4. The summed E-state index contributed by atoms with van der Waals surface area (Å²) in [6.07, 6.45) is 0.534. The van der Waals surface area contributed by atoms with Crippen molar-refractivity contribution in [3.05, 3.63) is 30.3 Å². The minimum Gasteiger partial charge on any atom is -0.368 e. The zero-order valence-corrected chi connectivity index (χ0v) is 14.6. The van der Waals surface area contributed by atoms with Gasteiger partial charge in [-0.25, -0.2) is 13.1 Å². The van der Waals surface area contributed by atoms with Gasteiger partial charge in [0, 0.05) is 31.9 Å². The van der Waals surface area contributed by atoms with Crippen molar-refractivity contribution in [3.8, 4) is 0 Å². The van der Waals surface area contributed by atoms with E-state index in [1.54, 1.807) is 18.7 Å². The van der Waals surface area contributed by atoms with Crippen LogP contribution < -0.4 is 9.62 Å². The molecule has 1 N–H and O–H groups in total. The summed E-state index contributed by atoms with van der Waals surface area (Å²) in [6, 6.07) is 9.37. The van der Waals surface area contributed by atoms with E-state index in [9.17, 15) is 13.2 Å². The van der Waals surface area contributed by atoms with Crippen LogP contribution >= 0.6 is 0 Å². The van der Waals surface area contributed by atoms with Gasteiger partial charge in [-0.1, -0.05) is 25.1 Å². The Bertz CT molecular complexity index is 611. The van der Waals surface area contributed by atoms with Gasteiger partial charge in [0.2, 0.25) is 15.9 Å². The van der Waals surface area contributed by atoms with Crippen molar-refractivity contribution in [3.63, 3.8) is 0 Å². The lowest BCUT2D eigenvalue weighted by molar-refractivity contribution is -0.132. The van der Waals surface area contributed by atoms with E-state index in [1.807, 2.05) is 18.2 Å². The number of hydrogen-bond acceptors (Lipinski definition) is 4. The second kappa shape index (κ2) is 7.79. The highest BCUT2D eigenvalue weighted by molar-refractivity contribution is 7.89. The molecule has 1 aliphatic heterocycles. The van der Waals surface area contributed by atoms with E-state index in [-0.39, 0.29) is 11.7 Å². The number of sulfonamides is 1. The summed E-state index contributed by atoms with van der Waals surface area (Å²) in [5.41, 5.74) is 1.15. The van der Waals surface area contributed by atoms with Crippen LogP contribution in [0.1, 0.15) is 20.3 Å². The molecule has 6 nitrogen and oxygen atoms in total. The number of nitrogens with one attached hydrogen (secondary N) is 1.